The molecule has 1 atom stereocenters. The third kappa shape index (κ3) is 1.75. The third-order valence-corrected chi connectivity index (χ3v) is 2.71. The van der Waals surface area contributed by atoms with Crippen LogP contribution in [-0.2, 0) is 0 Å². The summed E-state index contributed by atoms with van der Waals surface area (Å²) in [6.07, 6.45) is 7.00. The van der Waals surface area contributed by atoms with Crippen LogP contribution < -0.4 is 0 Å². The quantitative estimate of drug-likeness (QED) is 0.693. The van der Waals surface area contributed by atoms with E-state index in [-0.39, 0.29) is 0 Å². The SMILES string of the molecule is Cc1ccn(C2=CC(Cl)=CCC2C)n1. The Balaban J connectivity index is 2.37. The van der Waals surface area contributed by atoms with Crippen LogP contribution in [-0.4, -0.2) is 9.78 Å². The topological polar surface area (TPSA) is 17.8 Å². The maximum absolute atomic E-state index is 5.98. The fourth-order valence-corrected chi connectivity index (χ4v) is 1.80. The molecule has 0 saturated heterocycles. The van der Waals surface area contributed by atoms with E-state index >= 15 is 0 Å². The predicted octanol–water partition coefficient (Wildman–Crippen LogP) is 3.19. The first-order chi connectivity index (χ1) is 6.66. The molecule has 0 amide bonds. The second-order valence-corrected chi connectivity index (χ2v) is 4.13. The number of aryl methyl sites for hydroxylation is 1. The number of allylic oxidation sites excluding steroid dienone is 4. The lowest BCUT2D eigenvalue weighted by Crippen LogP contribution is -2.09. The number of hydrogen-bond acceptors (Lipinski definition) is 1. The minimum atomic E-state index is 0.483. The Labute approximate surface area is 88.9 Å². The van der Waals surface area contributed by atoms with E-state index in [0.717, 1.165) is 17.1 Å². The third-order valence-electron chi connectivity index (χ3n) is 2.44. The molecule has 0 aliphatic heterocycles. The fraction of sp³-hybridized carbons (Fsp3) is 0.364. The van der Waals surface area contributed by atoms with E-state index in [1.54, 1.807) is 0 Å². The molecular weight excluding hydrogens is 196 g/mol. The van der Waals surface area contributed by atoms with Crippen molar-refractivity contribution in [3.63, 3.8) is 0 Å². The zero-order valence-electron chi connectivity index (χ0n) is 8.37. The van der Waals surface area contributed by atoms with Crippen molar-refractivity contribution >= 4 is 17.3 Å². The van der Waals surface area contributed by atoms with Crippen LogP contribution in [0.4, 0.5) is 0 Å². The first kappa shape index (κ1) is 9.53. The Kier molecular flexibility index (Phi) is 2.46. The summed E-state index contributed by atoms with van der Waals surface area (Å²) in [7, 11) is 0. The van der Waals surface area contributed by atoms with Crippen molar-refractivity contribution in [3.05, 3.63) is 35.1 Å². The molecule has 0 N–H and O–H groups in total. The number of aromatic nitrogens is 2. The van der Waals surface area contributed by atoms with Crippen LogP contribution in [0.3, 0.4) is 0 Å². The molecule has 14 heavy (non-hydrogen) atoms. The molecule has 1 heterocycles. The van der Waals surface area contributed by atoms with Crippen molar-refractivity contribution in [3.8, 4) is 0 Å². The van der Waals surface area contributed by atoms with Crippen molar-refractivity contribution in [2.24, 2.45) is 5.92 Å². The summed E-state index contributed by atoms with van der Waals surface area (Å²) in [6.45, 7) is 4.17. The summed E-state index contributed by atoms with van der Waals surface area (Å²) >= 11 is 5.98. The molecule has 3 heteroatoms. The van der Waals surface area contributed by atoms with Crippen LogP contribution >= 0.6 is 11.6 Å². The Bertz CT molecular complexity index is 401. The second kappa shape index (κ2) is 3.62. The van der Waals surface area contributed by atoms with Gasteiger partial charge in [-0.1, -0.05) is 24.6 Å². The Hall–Kier alpha value is -1.02. The van der Waals surface area contributed by atoms with Gasteiger partial charge in [0.25, 0.3) is 0 Å². The van der Waals surface area contributed by atoms with E-state index < -0.39 is 0 Å². The summed E-state index contributed by atoms with van der Waals surface area (Å²) in [6, 6.07) is 2.00. The van der Waals surface area contributed by atoms with Gasteiger partial charge in [0.15, 0.2) is 0 Å². The Morgan fingerprint density at radius 1 is 1.57 bits per heavy atom. The number of halogens is 1. The highest BCUT2D eigenvalue weighted by molar-refractivity contribution is 6.31. The van der Waals surface area contributed by atoms with Crippen LogP contribution in [0.1, 0.15) is 19.0 Å². The van der Waals surface area contributed by atoms with Gasteiger partial charge in [-0.05, 0) is 25.5 Å². The standard InChI is InChI=1S/C11H13ClN2/c1-8-3-4-10(12)7-11(8)14-6-5-9(2)13-14/h4-8H,3H2,1-2H3. The first-order valence-electron chi connectivity index (χ1n) is 4.76. The number of nitrogens with zero attached hydrogens (tertiary/aromatic N) is 2. The molecular formula is C11H13ClN2. The lowest BCUT2D eigenvalue weighted by Gasteiger charge is -2.18. The monoisotopic (exact) mass is 208 g/mol. The van der Waals surface area contributed by atoms with Crippen LogP contribution in [0.5, 0.6) is 0 Å². The Morgan fingerprint density at radius 2 is 2.36 bits per heavy atom. The van der Waals surface area contributed by atoms with E-state index in [1.165, 1.54) is 5.70 Å². The first-order valence-corrected chi connectivity index (χ1v) is 5.14. The van der Waals surface area contributed by atoms with E-state index in [9.17, 15) is 0 Å². The van der Waals surface area contributed by atoms with Crippen molar-refractivity contribution in [1.29, 1.82) is 0 Å². The fourth-order valence-electron chi connectivity index (χ4n) is 1.60. The molecule has 74 valence electrons. The van der Waals surface area contributed by atoms with Crippen LogP contribution in [0, 0.1) is 12.8 Å². The smallest absolute Gasteiger partial charge is 0.0598 e. The van der Waals surface area contributed by atoms with E-state index in [4.69, 9.17) is 11.6 Å². The second-order valence-electron chi connectivity index (χ2n) is 3.70. The van der Waals surface area contributed by atoms with E-state index in [2.05, 4.69) is 12.0 Å². The largest absolute Gasteiger partial charge is 0.245 e. The highest BCUT2D eigenvalue weighted by Crippen LogP contribution is 2.28. The van der Waals surface area contributed by atoms with Gasteiger partial charge < -0.3 is 0 Å². The summed E-state index contributed by atoms with van der Waals surface area (Å²) in [5, 5.41) is 5.19. The van der Waals surface area contributed by atoms with E-state index in [1.807, 2.05) is 36.0 Å². The lowest BCUT2D eigenvalue weighted by atomic mass is 9.99. The highest BCUT2D eigenvalue weighted by Gasteiger charge is 2.14. The molecule has 2 nitrogen and oxygen atoms in total. The van der Waals surface area contributed by atoms with Crippen molar-refractivity contribution in [1.82, 2.24) is 9.78 Å². The molecule has 0 spiro atoms. The minimum Gasteiger partial charge on any atom is -0.245 e. The zero-order valence-corrected chi connectivity index (χ0v) is 9.12. The van der Waals surface area contributed by atoms with Crippen LogP contribution in [0.15, 0.2) is 29.4 Å². The molecule has 1 aliphatic rings. The van der Waals surface area contributed by atoms with Crippen LogP contribution in [0.2, 0.25) is 0 Å². The zero-order chi connectivity index (χ0) is 10.1. The van der Waals surface area contributed by atoms with Gasteiger partial charge in [0, 0.05) is 22.8 Å². The highest BCUT2D eigenvalue weighted by atomic mass is 35.5. The molecule has 1 unspecified atom stereocenters. The maximum Gasteiger partial charge on any atom is 0.0598 e. The lowest BCUT2D eigenvalue weighted by molar-refractivity contribution is 0.681. The van der Waals surface area contributed by atoms with Crippen molar-refractivity contribution in [2.45, 2.75) is 20.3 Å². The minimum absolute atomic E-state index is 0.483. The van der Waals surface area contributed by atoms with Gasteiger partial charge in [0.2, 0.25) is 0 Å². The summed E-state index contributed by atoms with van der Waals surface area (Å²) in [4.78, 5) is 0. The number of hydrogen-bond donors (Lipinski definition) is 0. The Morgan fingerprint density at radius 3 is 3.00 bits per heavy atom. The molecule has 1 aromatic rings. The summed E-state index contributed by atoms with van der Waals surface area (Å²) < 4.78 is 1.91. The van der Waals surface area contributed by atoms with Gasteiger partial charge in [-0.15, -0.1) is 0 Å². The normalized spacial score (nSPS) is 21.8. The summed E-state index contributed by atoms with van der Waals surface area (Å²) in [5.74, 6) is 0.483. The molecule has 1 aromatic heterocycles. The van der Waals surface area contributed by atoms with Gasteiger partial charge in [0.05, 0.1) is 5.69 Å². The number of rotatable bonds is 1. The average molecular weight is 209 g/mol. The van der Waals surface area contributed by atoms with Gasteiger partial charge >= 0.3 is 0 Å². The molecule has 0 saturated carbocycles. The van der Waals surface area contributed by atoms with Gasteiger partial charge in [0.1, 0.15) is 0 Å². The van der Waals surface area contributed by atoms with E-state index in [0.29, 0.717) is 5.92 Å². The molecule has 2 rings (SSSR count). The van der Waals surface area contributed by atoms with Crippen LogP contribution in [0.25, 0.3) is 5.70 Å². The van der Waals surface area contributed by atoms with Gasteiger partial charge in [-0.25, -0.2) is 4.68 Å². The average Bonchev–Trinajstić information content (AvgIpc) is 2.56. The summed E-state index contributed by atoms with van der Waals surface area (Å²) in [5.41, 5.74) is 2.20. The van der Waals surface area contributed by atoms with Gasteiger partial charge in [-0.2, -0.15) is 5.10 Å². The maximum atomic E-state index is 5.98. The molecule has 1 aliphatic carbocycles. The molecule has 0 bridgehead atoms. The molecule has 0 fully saturated rings. The van der Waals surface area contributed by atoms with Gasteiger partial charge in [-0.3, -0.25) is 0 Å². The predicted molar refractivity (Wildman–Crippen MR) is 59.0 cm³/mol. The molecule has 0 radical (unpaired) electrons. The van der Waals surface area contributed by atoms with Crippen molar-refractivity contribution < 1.29 is 0 Å². The molecule has 0 aromatic carbocycles. The van der Waals surface area contributed by atoms with Crippen molar-refractivity contribution in [2.75, 3.05) is 0 Å².